The lowest BCUT2D eigenvalue weighted by Crippen LogP contribution is -2.53. The standard InChI is InChI=1S/C23H27ClN4O4/c1-16(23(30)25-17-6-7-20-21(14-17)32-13-12-31-20)28-10-8-27(9-11-28)15-22(29)26-19-5-3-2-4-18(19)24/h2-7,14,16H,8-13,15H2,1H3,(H,25,30)(H,26,29). The fraction of sp³-hybridized carbons (Fsp3) is 0.391. The number of benzene rings is 2. The molecule has 0 bridgehead atoms. The van der Waals surface area contributed by atoms with Crippen LogP contribution in [0.15, 0.2) is 42.5 Å². The van der Waals surface area contributed by atoms with Gasteiger partial charge in [0.1, 0.15) is 13.2 Å². The van der Waals surface area contributed by atoms with Crippen LogP contribution in [0, 0.1) is 0 Å². The van der Waals surface area contributed by atoms with Crippen molar-refractivity contribution in [1.29, 1.82) is 0 Å². The molecule has 2 aromatic rings. The predicted octanol–water partition coefficient (Wildman–Crippen LogP) is 2.69. The Morgan fingerprint density at radius 2 is 1.72 bits per heavy atom. The molecule has 170 valence electrons. The zero-order valence-electron chi connectivity index (χ0n) is 18.0. The van der Waals surface area contributed by atoms with E-state index in [1.807, 2.05) is 25.1 Å². The van der Waals surface area contributed by atoms with Crippen LogP contribution < -0.4 is 20.1 Å². The molecule has 4 rings (SSSR count). The number of nitrogens with zero attached hydrogens (tertiary/aromatic N) is 2. The van der Waals surface area contributed by atoms with E-state index in [0.717, 1.165) is 0 Å². The molecule has 0 aliphatic carbocycles. The Morgan fingerprint density at radius 3 is 2.47 bits per heavy atom. The first kappa shape index (κ1) is 22.4. The molecule has 2 aromatic carbocycles. The third kappa shape index (κ3) is 5.51. The number of hydrogen-bond acceptors (Lipinski definition) is 6. The van der Waals surface area contributed by atoms with Crippen molar-refractivity contribution in [3.63, 3.8) is 0 Å². The number of hydrogen-bond donors (Lipinski definition) is 2. The maximum absolute atomic E-state index is 12.8. The second-order valence-electron chi connectivity index (χ2n) is 7.86. The lowest BCUT2D eigenvalue weighted by Gasteiger charge is -2.37. The molecule has 32 heavy (non-hydrogen) atoms. The van der Waals surface area contributed by atoms with Gasteiger partial charge in [-0.25, -0.2) is 0 Å². The Bertz CT molecular complexity index is 978. The van der Waals surface area contributed by atoms with Crippen molar-refractivity contribution in [3.8, 4) is 11.5 Å². The molecule has 0 saturated carbocycles. The molecule has 2 aliphatic heterocycles. The van der Waals surface area contributed by atoms with Gasteiger partial charge in [-0.1, -0.05) is 23.7 Å². The molecule has 0 spiro atoms. The van der Waals surface area contributed by atoms with E-state index in [1.165, 1.54) is 0 Å². The number of amides is 2. The molecule has 1 unspecified atom stereocenters. The van der Waals surface area contributed by atoms with Crippen LogP contribution in [0.1, 0.15) is 6.92 Å². The van der Waals surface area contributed by atoms with Gasteiger partial charge in [-0.15, -0.1) is 0 Å². The van der Waals surface area contributed by atoms with Gasteiger partial charge < -0.3 is 20.1 Å². The first-order valence-corrected chi connectivity index (χ1v) is 11.1. The van der Waals surface area contributed by atoms with Crippen molar-refractivity contribution in [2.75, 3.05) is 56.6 Å². The highest BCUT2D eigenvalue weighted by Gasteiger charge is 2.26. The molecular weight excluding hydrogens is 432 g/mol. The van der Waals surface area contributed by atoms with Crippen LogP contribution in [0.3, 0.4) is 0 Å². The first-order chi connectivity index (χ1) is 15.5. The van der Waals surface area contributed by atoms with Crippen LogP contribution >= 0.6 is 11.6 Å². The molecule has 2 aliphatic rings. The minimum atomic E-state index is -0.290. The summed E-state index contributed by atoms with van der Waals surface area (Å²) < 4.78 is 11.1. The number of nitrogens with one attached hydrogen (secondary N) is 2. The van der Waals surface area contributed by atoms with Crippen molar-refractivity contribution in [3.05, 3.63) is 47.5 Å². The van der Waals surface area contributed by atoms with Crippen LogP contribution in [-0.2, 0) is 9.59 Å². The summed E-state index contributed by atoms with van der Waals surface area (Å²) in [5.41, 5.74) is 1.29. The highest BCUT2D eigenvalue weighted by Crippen LogP contribution is 2.32. The molecule has 0 aromatic heterocycles. The van der Waals surface area contributed by atoms with Gasteiger partial charge >= 0.3 is 0 Å². The first-order valence-electron chi connectivity index (χ1n) is 10.7. The molecule has 2 heterocycles. The van der Waals surface area contributed by atoms with Crippen LogP contribution in [-0.4, -0.2) is 73.6 Å². The van der Waals surface area contributed by atoms with E-state index in [1.54, 1.807) is 24.3 Å². The fourth-order valence-electron chi connectivity index (χ4n) is 3.80. The minimum Gasteiger partial charge on any atom is -0.486 e. The molecule has 1 saturated heterocycles. The summed E-state index contributed by atoms with van der Waals surface area (Å²) in [4.78, 5) is 29.3. The minimum absolute atomic E-state index is 0.0772. The lowest BCUT2D eigenvalue weighted by atomic mass is 10.2. The molecule has 8 nitrogen and oxygen atoms in total. The van der Waals surface area contributed by atoms with Crippen molar-refractivity contribution in [2.24, 2.45) is 0 Å². The maximum atomic E-state index is 12.8. The van der Waals surface area contributed by atoms with Gasteiger partial charge in [0.05, 0.1) is 23.3 Å². The zero-order chi connectivity index (χ0) is 22.5. The van der Waals surface area contributed by atoms with Crippen molar-refractivity contribution in [2.45, 2.75) is 13.0 Å². The summed E-state index contributed by atoms with van der Waals surface area (Å²) in [5, 5.41) is 6.33. The Balaban J connectivity index is 1.24. The predicted molar refractivity (Wildman–Crippen MR) is 124 cm³/mol. The summed E-state index contributed by atoms with van der Waals surface area (Å²) in [6.45, 7) is 6.04. The number of piperazine rings is 1. The largest absolute Gasteiger partial charge is 0.486 e. The van der Waals surface area contributed by atoms with Gasteiger partial charge in [-0.05, 0) is 31.2 Å². The Morgan fingerprint density at radius 1 is 1.00 bits per heavy atom. The van der Waals surface area contributed by atoms with E-state index in [9.17, 15) is 9.59 Å². The third-order valence-corrected chi connectivity index (χ3v) is 5.99. The number of halogens is 1. The normalized spacial score (nSPS) is 17.4. The van der Waals surface area contributed by atoms with Crippen molar-refractivity contribution < 1.29 is 19.1 Å². The monoisotopic (exact) mass is 458 g/mol. The van der Waals surface area contributed by atoms with Crippen LogP contribution in [0.25, 0.3) is 0 Å². The fourth-order valence-corrected chi connectivity index (χ4v) is 3.98. The van der Waals surface area contributed by atoms with Crippen LogP contribution in [0.5, 0.6) is 11.5 Å². The van der Waals surface area contributed by atoms with Crippen LogP contribution in [0.4, 0.5) is 11.4 Å². The smallest absolute Gasteiger partial charge is 0.241 e. The molecule has 2 N–H and O–H groups in total. The average Bonchev–Trinajstić information content (AvgIpc) is 2.80. The summed E-state index contributed by atoms with van der Waals surface area (Å²) in [6.07, 6.45) is 0. The van der Waals surface area contributed by atoms with E-state index in [0.29, 0.717) is 67.3 Å². The number of carbonyl (C=O) groups is 2. The molecular formula is C23H27ClN4O4. The number of para-hydroxylation sites is 1. The van der Waals surface area contributed by atoms with Crippen LogP contribution in [0.2, 0.25) is 5.02 Å². The Kier molecular flexibility index (Phi) is 7.14. The van der Waals surface area contributed by atoms with Gasteiger partial charge in [-0.2, -0.15) is 0 Å². The van der Waals surface area contributed by atoms with E-state index in [-0.39, 0.29) is 24.4 Å². The summed E-state index contributed by atoms with van der Waals surface area (Å²) in [7, 11) is 0. The number of ether oxygens (including phenoxy) is 2. The molecule has 9 heteroatoms. The van der Waals surface area contributed by atoms with Gasteiger partial charge in [0.2, 0.25) is 11.8 Å². The van der Waals surface area contributed by atoms with E-state index >= 15 is 0 Å². The second-order valence-corrected chi connectivity index (χ2v) is 8.27. The van der Waals surface area contributed by atoms with Gasteiger partial charge in [0, 0.05) is 37.9 Å². The van der Waals surface area contributed by atoms with Crippen molar-refractivity contribution in [1.82, 2.24) is 9.80 Å². The van der Waals surface area contributed by atoms with E-state index < -0.39 is 0 Å². The highest BCUT2D eigenvalue weighted by molar-refractivity contribution is 6.33. The van der Waals surface area contributed by atoms with E-state index in [2.05, 4.69) is 20.4 Å². The number of anilines is 2. The molecule has 2 amide bonds. The van der Waals surface area contributed by atoms with E-state index in [4.69, 9.17) is 21.1 Å². The molecule has 1 atom stereocenters. The van der Waals surface area contributed by atoms with Crippen molar-refractivity contribution >= 4 is 34.8 Å². The third-order valence-electron chi connectivity index (χ3n) is 5.66. The summed E-state index contributed by atoms with van der Waals surface area (Å²) >= 11 is 6.10. The topological polar surface area (TPSA) is 83.1 Å². The Labute approximate surface area is 192 Å². The second kappa shape index (κ2) is 10.2. The number of rotatable bonds is 6. The quantitative estimate of drug-likeness (QED) is 0.692. The SMILES string of the molecule is CC(C(=O)Nc1ccc2c(c1)OCCO2)N1CCN(CC(=O)Nc2ccccc2Cl)CC1. The number of carbonyl (C=O) groups excluding carboxylic acids is 2. The highest BCUT2D eigenvalue weighted by atomic mass is 35.5. The van der Waals surface area contributed by atoms with Gasteiger partial charge in [0.25, 0.3) is 0 Å². The zero-order valence-corrected chi connectivity index (χ0v) is 18.7. The lowest BCUT2D eigenvalue weighted by molar-refractivity contribution is -0.122. The van der Waals surface area contributed by atoms with Gasteiger partial charge in [0.15, 0.2) is 11.5 Å². The Hall–Kier alpha value is -2.81. The summed E-state index contributed by atoms with van der Waals surface area (Å²) in [6, 6.07) is 12.3. The maximum Gasteiger partial charge on any atom is 0.241 e. The molecule has 0 radical (unpaired) electrons. The van der Waals surface area contributed by atoms with Gasteiger partial charge in [-0.3, -0.25) is 19.4 Å². The average molecular weight is 459 g/mol. The molecule has 1 fully saturated rings. The number of fused-ring (bicyclic) bond motifs is 1. The summed E-state index contributed by atoms with van der Waals surface area (Å²) in [5.74, 6) is 1.16.